The number of hydrogen-bond donors (Lipinski definition) is 1. The minimum Gasteiger partial charge on any atom is -0.344 e. The molecular weight excluding hydrogens is 307 g/mol. The molecule has 0 bridgehead atoms. The van der Waals surface area contributed by atoms with Crippen LogP contribution in [0.1, 0.15) is 33.6 Å². The van der Waals surface area contributed by atoms with E-state index in [4.69, 9.17) is 0 Å². The van der Waals surface area contributed by atoms with Crippen molar-refractivity contribution in [3.63, 3.8) is 0 Å². The Kier molecular flexibility index (Phi) is 4.20. The van der Waals surface area contributed by atoms with Gasteiger partial charge in [0.15, 0.2) is 0 Å². The molecule has 6 heteroatoms. The number of aromatic nitrogens is 3. The number of halogens is 1. The molecular formula is C18H19FN4O. The lowest BCUT2D eigenvalue weighted by molar-refractivity contribution is 0.0932. The van der Waals surface area contributed by atoms with E-state index in [9.17, 15) is 9.18 Å². The summed E-state index contributed by atoms with van der Waals surface area (Å²) in [5.74, 6) is 0.158. The Bertz CT molecular complexity index is 864. The van der Waals surface area contributed by atoms with E-state index in [1.165, 1.54) is 12.1 Å². The fourth-order valence-corrected chi connectivity index (χ4v) is 2.65. The molecule has 1 N–H and O–H groups in total. The van der Waals surface area contributed by atoms with Gasteiger partial charge in [0.25, 0.3) is 5.91 Å². The Balaban J connectivity index is 1.96. The van der Waals surface area contributed by atoms with Crippen LogP contribution >= 0.6 is 0 Å². The fraction of sp³-hybridized carbons (Fsp3) is 0.222. The first-order valence-electron chi connectivity index (χ1n) is 7.63. The van der Waals surface area contributed by atoms with Crippen LogP contribution in [0, 0.1) is 12.7 Å². The van der Waals surface area contributed by atoms with Crippen molar-refractivity contribution in [1.82, 2.24) is 19.4 Å². The molecule has 0 aliphatic carbocycles. The van der Waals surface area contributed by atoms with Crippen LogP contribution in [0.3, 0.4) is 0 Å². The molecule has 3 aromatic rings. The van der Waals surface area contributed by atoms with E-state index >= 15 is 0 Å². The van der Waals surface area contributed by atoms with Crippen LogP contribution in [0.5, 0.6) is 0 Å². The number of imidazole rings is 1. The second-order valence-electron chi connectivity index (χ2n) is 5.77. The zero-order valence-corrected chi connectivity index (χ0v) is 13.8. The predicted molar refractivity (Wildman–Crippen MR) is 89.1 cm³/mol. The van der Waals surface area contributed by atoms with Crippen LogP contribution in [0.25, 0.3) is 0 Å². The number of nitrogens with one attached hydrogen (secondary N) is 1. The Morgan fingerprint density at radius 3 is 2.42 bits per heavy atom. The van der Waals surface area contributed by atoms with Crippen LogP contribution in [-0.2, 0) is 14.1 Å². The topological polar surface area (TPSA) is 51.9 Å². The van der Waals surface area contributed by atoms with E-state index in [-0.39, 0.29) is 11.7 Å². The average Bonchev–Trinajstić information content (AvgIpc) is 3.12. The largest absolute Gasteiger partial charge is 0.344 e. The molecule has 5 nitrogen and oxygen atoms in total. The van der Waals surface area contributed by atoms with Gasteiger partial charge in [-0.15, -0.1) is 0 Å². The summed E-state index contributed by atoms with van der Waals surface area (Å²) < 4.78 is 16.9. The summed E-state index contributed by atoms with van der Waals surface area (Å²) in [6, 6.07) is 9.28. The Labute approximate surface area is 139 Å². The molecule has 1 amide bonds. The minimum atomic E-state index is -0.465. The fourth-order valence-electron chi connectivity index (χ4n) is 2.65. The van der Waals surface area contributed by atoms with Crippen LogP contribution in [0.4, 0.5) is 4.39 Å². The monoisotopic (exact) mass is 326 g/mol. The molecule has 124 valence electrons. The van der Waals surface area contributed by atoms with E-state index in [0.29, 0.717) is 11.5 Å². The number of nitrogens with zero attached hydrogens (tertiary/aromatic N) is 3. The van der Waals surface area contributed by atoms with Crippen LogP contribution < -0.4 is 5.32 Å². The number of carbonyl (C=O) groups is 1. The predicted octanol–water partition coefficient (Wildman–Crippen LogP) is 2.73. The van der Waals surface area contributed by atoms with E-state index in [2.05, 4.69) is 10.3 Å². The van der Waals surface area contributed by atoms with Crippen LogP contribution in [0.2, 0.25) is 0 Å². The SMILES string of the molecule is Cc1ccc(C(=O)NC(c2ccc(F)cc2)c2nccn2C)n1C. The first-order valence-corrected chi connectivity index (χ1v) is 7.63. The van der Waals surface area contributed by atoms with Gasteiger partial charge in [0.1, 0.15) is 23.4 Å². The van der Waals surface area contributed by atoms with Gasteiger partial charge in [0, 0.05) is 32.2 Å². The lowest BCUT2D eigenvalue weighted by Crippen LogP contribution is -2.32. The first-order chi connectivity index (χ1) is 11.5. The van der Waals surface area contributed by atoms with Gasteiger partial charge in [-0.2, -0.15) is 0 Å². The van der Waals surface area contributed by atoms with Crippen molar-refractivity contribution < 1.29 is 9.18 Å². The summed E-state index contributed by atoms with van der Waals surface area (Å²) >= 11 is 0. The number of benzene rings is 1. The van der Waals surface area contributed by atoms with Crippen LogP contribution in [0.15, 0.2) is 48.8 Å². The standard InChI is InChI=1S/C18H19FN4O/c1-12-4-9-15(23(12)3)18(24)21-16(17-20-10-11-22(17)2)13-5-7-14(19)8-6-13/h4-11,16H,1-3H3,(H,21,24). The van der Waals surface area contributed by atoms with Gasteiger partial charge in [-0.05, 0) is 36.8 Å². The highest BCUT2D eigenvalue weighted by Crippen LogP contribution is 2.21. The van der Waals surface area contributed by atoms with Gasteiger partial charge in [0.2, 0.25) is 0 Å². The van der Waals surface area contributed by atoms with Crippen molar-refractivity contribution in [2.45, 2.75) is 13.0 Å². The van der Waals surface area contributed by atoms with E-state index in [0.717, 1.165) is 11.3 Å². The van der Waals surface area contributed by atoms with Crippen LogP contribution in [-0.4, -0.2) is 20.0 Å². The summed E-state index contributed by atoms with van der Waals surface area (Å²) in [4.78, 5) is 17.0. The lowest BCUT2D eigenvalue weighted by atomic mass is 10.1. The molecule has 2 heterocycles. The summed E-state index contributed by atoms with van der Waals surface area (Å²) in [5, 5.41) is 3.00. The number of carbonyl (C=O) groups excluding carboxylic acids is 1. The third kappa shape index (κ3) is 2.95. The van der Waals surface area contributed by atoms with Crippen molar-refractivity contribution in [2.24, 2.45) is 14.1 Å². The van der Waals surface area contributed by atoms with E-state index in [1.807, 2.05) is 42.4 Å². The highest BCUT2D eigenvalue weighted by molar-refractivity contribution is 5.93. The molecule has 0 saturated heterocycles. The molecule has 0 aliphatic rings. The third-order valence-electron chi connectivity index (χ3n) is 4.20. The first kappa shape index (κ1) is 16.0. The molecule has 3 rings (SSSR count). The smallest absolute Gasteiger partial charge is 0.268 e. The Morgan fingerprint density at radius 1 is 1.17 bits per heavy atom. The highest BCUT2D eigenvalue weighted by atomic mass is 19.1. The lowest BCUT2D eigenvalue weighted by Gasteiger charge is -2.19. The number of amides is 1. The molecule has 0 saturated carbocycles. The van der Waals surface area contributed by atoms with E-state index in [1.54, 1.807) is 24.4 Å². The molecule has 0 aliphatic heterocycles. The molecule has 24 heavy (non-hydrogen) atoms. The molecule has 1 aromatic carbocycles. The van der Waals surface area contributed by atoms with Crippen molar-refractivity contribution in [1.29, 1.82) is 0 Å². The molecule has 0 spiro atoms. The maximum absolute atomic E-state index is 13.2. The second kappa shape index (κ2) is 6.31. The number of hydrogen-bond acceptors (Lipinski definition) is 2. The molecule has 0 radical (unpaired) electrons. The normalized spacial score (nSPS) is 12.2. The van der Waals surface area contributed by atoms with Gasteiger partial charge in [-0.1, -0.05) is 12.1 Å². The van der Waals surface area contributed by atoms with Gasteiger partial charge >= 0.3 is 0 Å². The molecule has 2 aromatic heterocycles. The highest BCUT2D eigenvalue weighted by Gasteiger charge is 2.22. The molecule has 1 unspecified atom stereocenters. The number of rotatable bonds is 4. The zero-order chi connectivity index (χ0) is 17.3. The van der Waals surface area contributed by atoms with Gasteiger partial charge < -0.3 is 14.5 Å². The third-order valence-corrected chi connectivity index (χ3v) is 4.20. The summed E-state index contributed by atoms with van der Waals surface area (Å²) in [6.07, 6.45) is 3.48. The van der Waals surface area contributed by atoms with Crippen molar-refractivity contribution in [2.75, 3.05) is 0 Å². The molecule has 0 fully saturated rings. The average molecular weight is 326 g/mol. The van der Waals surface area contributed by atoms with Crippen molar-refractivity contribution in [3.05, 3.63) is 77.4 Å². The van der Waals surface area contributed by atoms with Gasteiger partial charge in [-0.25, -0.2) is 9.37 Å². The summed E-state index contributed by atoms with van der Waals surface area (Å²) in [6.45, 7) is 1.94. The zero-order valence-electron chi connectivity index (χ0n) is 13.8. The van der Waals surface area contributed by atoms with E-state index < -0.39 is 6.04 Å². The summed E-state index contributed by atoms with van der Waals surface area (Å²) in [5.41, 5.74) is 2.33. The maximum Gasteiger partial charge on any atom is 0.268 e. The summed E-state index contributed by atoms with van der Waals surface area (Å²) in [7, 11) is 3.70. The second-order valence-corrected chi connectivity index (χ2v) is 5.77. The minimum absolute atomic E-state index is 0.206. The van der Waals surface area contributed by atoms with Crippen molar-refractivity contribution >= 4 is 5.91 Å². The number of aryl methyl sites for hydroxylation is 2. The Morgan fingerprint density at radius 2 is 1.88 bits per heavy atom. The van der Waals surface area contributed by atoms with Crippen molar-refractivity contribution in [3.8, 4) is 0 Å². The van der Waals surface area contributed by atoms with Gasteiger partial charge in [-0.3, -0.25) is 4.79 Å². The quantitative estimate of drug-likeness (QED) is 0.801. The Hall–Kier alpha value is -2.89. The van der Waals surface area contributed by atoms with Gasteiger partial charge in [0.05, 0.1) is 0 Å². The maximum atomic E-state index is 13.2. The molecule has 1 atom stereocenters.